The average Bonchev–Trinajstić information content (AvgIpc) is 2.49. The molecule has 6 nitrogen and oxygen atoms in total. The summed E-state index contributed by atoms with van der Waals surface area (Å²) in [6.07, 6.45) is 0.977. The van der Waals surface area contributed by atoms with Crippen molar-refractivity contribution in [3.05, 3.63) is 23.8 Å². The van der Waals surface area contributed by atoms with Gasteiger partial charge in [-0.2, -0.15) is 0 Å². The molecule has 0 atom stereocenters. The number of ether oxygens (including phenoxy) is 2. The van der Waals surface area contributed by atoms with Gasteiger partial charge in [0.05, 0.1) is 14.2 Å². The summed E-state index contributed by atoms with van der Waals surface area (Å²) in [5.74, 6) is 0.885. The van der Waals surface area contributed by atoms with Crippen molar-refractivity contribution < 1.29 is 19.1 Å². The Kier molecular flexibility index (Phi) is 7.22. The highest BCUT2D eigenvalue weighted by Gasteiger charge is 2.10. The van der Waals surface area contributed by atoms with Gasteiger partial charge in [-0.15, -0.1) is 0 Å². The number of benzene rings is 1. The minimum absolute atomic E-state index is 0.00713. The summed E-state index contributed by atoms with van der Waals surface area (Å²) in [5.41, 5.74) is 0.461. The zero-order chi connectivity index (χ0) is 16.5. The standard InChI is InChI=1S/C16H24N2O4/c1-11(2)18-15(19)6-5-7-17-16(20)12-8-13(21-3)10-14(9-12)22-4/h8-11H,5-7H2,1-4H3,(H,17,20)(H,18,19). The summed E-state index contributed by atoms with van der Waals surface area (Å²) in [6.45, 7) is 4.26. The third-order valence-electron chi connectivity index (χ3n) is 2.93. The average molecular weight is 308 g/mol. The number of carbonyl (C=O) groups excluding carboxylic acids is 2. The fourth-order valence-corrected chi connectivity index (χ4v) is 1.89. The van der Waals surface area contributed by atoms with Crippen LogP contribution < -0.4 is 20.1 Å². The van der Waals surface area contributed by atoms with Gasteiger partial charge in [-0.1, -0.05) is 0 Å². The van der Waals surface area contributed by atoms with Crippen molar-refractivity contribution in [2.45, 2.75) is 32.7 Å². The van der Waals surface area contributed by atoms with E-state index in [0.29, 0.717) is 36.4 Å². The van der Waals surface area contributed by atoms with Crippen LogP contribution in [0.1, 0.15) is 37.0 Å². The monoisotopic (exact) mass is 308 g/mol. The molecule has 122 valence electrons. The fourth-order valence-electron chi connectivity index (χ4n) is 1.89. The first-order chi connectivity index (χ1) is 10.5. The Morgan fingerprint density at radius 3 is 2.18 bits per heavy atom. The van der Waals surface area contributed by atoms with E-state index in [-0.39, 0.29) is 17.9 Å². The van der Waals surface area contributed by atoms with Gasteiger partial charge in [-0.25, -0.2) is 0 Å². The molecule has 1 rings (SSSR count). The van der Waals surface area contributed by atoms with Gasteiger partial charge in [0.2, 0.25) is 5.91 Å². The van der Waals surface area contributed by atoms with Crippen LogP contribution in [0, 0.1) is 0 Å². The predicted octanol–water partition coefficient (Wildman–Crippen LogP) is 1.74. The third kappa shape index (κ3) is 6.03. The molecular weight excluding hydrogens is 284 g/mol. The van der Waals surface area contributed by atoms with Gasteiger partial charge in [-0.05, 0) is 32.4 Å². The molecule has 6 heteroatoms. The molecule has 0 aliphatic rings. The number of nitrogens with one attached hydrogen (secondary N) is 2. The van der Waals surface area contributed by atoms with E-state index >= 15 is 0 Å². The third-order valence-corrected chi connectivity index (χ3v) is 2.93. The van der Waals surface area contributed by atoms with Crippen LogP contribution in [0.15, 0.2) is 18.2 Å². The van der Waals surface area contributed by atoms with Crippen molar-refractivity contribution >= 4 is 11.8 Å². The van der Waals surface area contributed by atoms with Crippen molar-refractivity contribution in [1.82, 2.24) is 10.6 Å². The maximum atomic E-state index is 12.1. The molecule has 0 saturated heterocycles. The number of hydrogen-bond acceptors (Lipinski definition) is 4. The smallest absolute Gasteiger partial charge is 0.251 e. The van der Waals surface area contributed by atoms with Crippen LogP contribution >= 0.6 is 0 Å². The number of hydrogen-bond donors (Lipinski definition) is 2. The topological polar surface area (TPSA) is 76.7 Å². The molecule has 0 fully saturated rings. The molecule has 22 heavy (non-hydrogen) atoms. The van der Waals surface area contributed by atoms with Crippen LogP contribution in [0.4, 0.5) is 0 Å². The first kappa shape index (κ1) is 17.8. The molecular formula is C16H24N2O4. The lowest BCUT2D eigenvalue weighted by Crippen LogP contribution is -2.31. The molecule has 0 aliphatic heterocycles. The number of methoxy groups -OCH3 is 2. The predicted molar refractivity (Wildman–Crippen MR) is 84.4 cm³/mol. The Bertz CT molecular complexity index is 493. The van der Waals surface area contributed by atoms with Gasteiger partial charge in [0.25, 0.3) is 5.91 Å². The quantitative estimate of drug-likeness (QED) is 0.717. The molecule has 0 spiro atoms. The second kappa shape index (κ2) is 8.92. The van der Waals surface area contributed by atoms with Gasteiger partial charge in [-0.3, -0.25) is 9.59 Å². The Morgan fingerprint density at radius 1 is 1.09 bits per heavy atom. The lowest BCUT2D eigenvalue weighted by atomic mass is 10.2. The normalized spacial score (nSPS) is 10.2. The minimum atomic E-state index is -0.221. The van der Waals surface area contributed by atoms with Crippen molar-refractivity contribution in [2.75, 3.05) is 20.8 Å². The van der Waals surface area contributed by atoms with E-state index in [0.717, 1.165) is 0 Å². The van der Waals surface area contributed by atoms with Crippen molar-refractivity contribution in [2.24, 2.45) is 0 Å². The maximum Gasteiger partial charge on any atom is 0.251 e. The van der Waals surface area contributed by atoms with E-state index in [1.807, 2.05) is 13.8 Å². The van der Waals surface area contributed by atoms with E-state index in [2.05, 4.69) is 10.6 Å². The van der Waals surface area contributed by atoms with Crippen molar-refractivity contribution in [3.8, 4) is 11.5 Å². The van der Waals surface area contributed by atoms with E-state index in [9.17, 15) is 9.59 Å². The van der Waals surface area contributed by atoms with Crippen molar-refractivity contribution in [3.63, 3.8) is 0 Å². The van der Waals surface area contributed by atoms with Crippen LogP contribution in [0.25, 0.3) is 0 Å². The highest BCUT2D eigenvalue weighted by atomic mass is 16.5. The summed E-state index contributed by atoms with van der Waals surface area (Å²) in [4.78, 5) is 23.6. The fraction of sp³-hybridized carbons (Fsp3) is 0.500. The molecule has 0 saturated carbocycles. The largest absolute Gasteiger partial charge is 0.497 e. The molecule has 2 N–H and O–H groups in total. The zero-order valence-electron chi connectivity index (χ0n) is 13.6. The molecule has 0 radical (unpaired) electrons. The first-order valence-corrected chi connectivity index (χ1v) is 7.27. The van der Waals surface area contributed by atoms with Gasteiger partial charge in [0, 0.05) is 30.6 Å². The SMILES string of the molecule is COc1cc(OC)cc(C(=O)NCCCC(=O)NC(C)C)c1. The molecule has 0 aromatic heterocycles. The summed E-state index contributed by atoms with van der Waals surface area (Å²) >= 11 is 0. The Labute approximate surface area is 131 Å². The zero-order valence-corrected chi connectivity index (χ0v) is 13.6. The molecule has 0 bridgehead atoms. The van der Waals surface area contributed by atoms with Gasteiger partial charge in [0.1, 0.15) is 11.5 Å². The summed E-state index contributed by atoms with van der Waals surface area (Å²) in [6, 6.07) is 5.12. The van der Waals surface area contributed by atoms with E-state index < -0.39 is 0 Å². The lowest BCUT2D eigenvalue weighted by Gasteiger charge is -2.10. The molecule has 1 aromatic rings. The number of carbonyl (C=O) groups is 2. The lowest BCUT2D eigenvalue weighted by molar-refractivity contribution is -0.121. The van der Waals surface area contributed by atoms with Crippen LogP contribution in [-0.2, 0) is 4.79 Å². The van der Waals surface area contributed by atoms with Gasteiger partial charge in [0.15, 0.2) is 0 Å². The highest BCUT2D eigenvalue weighted by molar-refractivity contribution is 5.95. The van der Waals surface area contributed by atoms with Crippen molar-refractivity contribution in [1.29, 1.82) is 0 Å². The van der Waals surface area contributed by atoms with Crippen LogP contribution in [0.5, 0.6) is 11.5 Å². The van der Waals surface area contributed by atoms with E-state index in [1.165, 1.54) is 14.2 Å². The van der Waals surface area contributed by atoms with E-state index in [4.69, 9.17) is 9.47 Å². The second-order valence-corrected chi connectivity index (χ2v) is 5.18. The summed E-state index contributed by atoms with van der Waals surface area (Å²) in [7, 11) is 3.06. The van der Waals surface area contributed by atoms with Gasteiger partial charge >= 0.3 is 0 Å². The van der Waals surface area contributed by atoms with E-state index in [1.54, 1.807) is 18.2 Å². The van der Waals surface area contributed by atoms with Crippen LogP contribution in [0.3, 0.4) is 0 Å². The molecule has 0 unspecified atom stereocenters. The Morgan fingerprint density at radius 2 is 1.68 bits per heavy atom. The Hall–Kier alpha value is -2.24. The Balaban J connectivity index is 2.47. The summed E-state index contributed by atoms with van der Waals surface area (Å²) in [5, 5.41) is 5.59. The highest BCUT2D eigenvalue weighted by Crippen LogP contribution is 2.22. The minimum Gasteiger partial charge on any atom is -0.497 e. The maximum absolute atomic E-state index is 12.1. The number of amides is 2. The second-order valence-electron chi connectivity index (χ2n) is 5.18. The van der Waals surface area contributed by atoms with Crippen LogP contribution in [0.2, 0.25) is 0 Å². The molecule has 1 aromatic carbocycles. The first-order valence-electron chi connectivity index (χ1n) is 7.27. The molecule has 2 amide bonds. The summed E-state index contributed by atoms with van der Waals surface area (Å²) < 4.78 is 10.3. The molecule has 0 aliphatic carbocycles. The van der Waals surface area contributed by atoms with Gasteiger partial charge < -0.3 is 20.1 Å². The van der Waals surface area contributed by atoms with Crippen LogP contribution in [-0.4, -0.2) is 38.6 Å². The number of rotatable bonds is 8. The molecule has 0 heterocycles.